The van der Waals surface area contributed by atoms with Crippen LogP contribution in [0.2, 0.25) is 0 Å². The second-order valence-corrected chi connectivity index (χ2v) is 5.29. The fourth-order valence-corrected chi connectivity index (χ4v) is 2.56. The molecule has 0 amide bonds. The van der Waals surface area contributed by atoms with Gasteiger partial charge in [-0.1, -0.05) is 24.3 Å². The van der Waals surface area contributed by atoms with Crippen molar-refractivity contribution >= 4 is 0 Å². The number of hydrogen-bond acceptors (Lipinski definition) is 3. The van der Waals surface area contributed by atoms with Crippen molar-refractivity contribution in [3.05, 3.63) is 83.7 Å². The Morgan fingerprint density at radius 3 is 2.43 bits per heavy atom. The van der Waals surface area contributed by atoms with E-state index >= 15 is 0 Å². The average molecular weight is 306 g/mol. The highest BCUT2D eigenvalue weighted by Gasteiger charge is 2.14. The number of halogens is 1. The van der Waals surface area contributed by atoms with Gasteiger partial charge in [-0.05, 0) is 48.2 Å². The van der Waals surface area contributed by atoms with Crippen LogP contribution in [-0.2, 0) is 6.42 Å². The highest BCUT2D eigenvalue weighted by molar-refractivity contribution is 5.33. The zero-order valence-electron chi connectivity index (χ0n) is 12.4. The molecule has 5 heteroatoms. The SMILES string of the molecule is N#Cc1ccc(C(CCc2ccc(F)cc2)n2cncn2)cc1. The fourth-order valence-electron chi connectivity index (χ4n) is 2.56. The van der Waals surface area contributed by atoms with Crippen LogP contribution in [0.5, 0.6) is 0 Å². The van der Waals surface area contributed by atoms with E-state index in [-0.39, 0.29) is 11.9 Å². The molecule has 0 radical (unpaired) electrons. The lowest BCUT2D eigenvalue weighted by atomic mass is 9.98. The Bertz CT molecular complexity index is 787. The van der Waals surface area contributed by atoms with Gasteiger partial charge in [0.1, 0.15) is 18.5 Å². The minimum Gasteiger partial charge on any atom is -0.245 e. The lowest BCUT2D eigenvalue weighted by molar-refractivity contribution is 0.488. The predicted molar refractivity (Wildman–Crippen MR) is 84.0 cm³/mol. The molecule has 0 saturated carbocycles. The first-order valence-electron chi connectivity index (χ1n) is 7.35. The van der Waals surface area contributed by atoms with Crippen molar-refractivity contribution in [2.24, 2.45) is 0 Å². The van der Waals surface area contributed by atoms with Gasteiger partial charge in [0.15, 0.2) is 0 Å². The molecular formula is C18H15FN4. The predicted octanol–water partition coefficient (Wildman–Crippen LogP) is 3.51. The monoisotopic (exact) mass is 306 g/mol. The normalized spacial score (nSPS) is 11.8. The standard InChI is InChI=1S/C18H15FN4/c19-17-8-3-14(4-9-17)5-10-18(23-13-21-12-22-23)16-6-1-15(11-20)2-7-16/h1-4,6-9,12-13,18H,5,10H2. The summed E-state index contributed by atoms with van der Waals surface area (Å²) in [6, 6.07) is 16.2. The Labute approximate surface area is 133 Å². The smallest absolute Gasteiger partial charge is 0.137 e. The van der Waals surface area contributed by atoms with Crippen LogP contribution in [0.3, 0.4) is 0 Å². The maximum absolute atomic E-state index is 13.0. The van der Waals surface area contributed by atoms with Crippen molar-refractivity contribution in [2.75, 3.05) is 0 Å². The first-order valence-corrected chi connectivity index (χ1v) is 7.35. The number of benzene rings is 2. The van der Waals surface area contributed by atoms with E-state index in [4.69, 9.17) is 5.26 Å². The lowest BCUT2D eigenvalue weighted by Crippen LogP contribution is -2.12. The summed E-state index contributed by atoms with van der Waals surface area (Å²) in [5, 5.41) is 13.2. The zero-order valence-corrected chi connectivity index (χ0v) is 12.4. The van der Waals surface area contributed by atoms with Gasteiger partial charge in [-0.3, -0.25) is 0 Å². The molecule has 0 bridgehead atoms. The van der Waals surface area contributed by atoms with Crippen LogP contribution in [0.15, 0.2) is 61.2 Å². The zero-order chi connectivity index (χ0) is 16.1. The van der Waals surface area contributed by atoms with Crippen molar-refractivity contribution in [2.45, 2.75) is 18.9 Å². The van der Waals surface area contributed by atoms with Gasteiger partial charge in [-0.2, -0.15) is 10.4 Å². The molecule has 0 aliphatic carbocycles. The van der Waals surface area contributed by atoms with E-state index in [9.17, 15) is 4.39 Å². The Morgan fingerprint density at radius 2 is 1.83 bits per heavy atom. The first-order chi connectivity index (χ1) is 11.3. The molecule has 1 heterocycles. The van der Waals surface area contributed by atoms with Crippen LogP contribution in [0.25, 0.3) is 0 Å². The highest BCUT2D eigenvalue weighted by Crippen LogP contribution is 2.23. The van der Waals surface area contributed by atoms with Gasteiger partial charge >= 0.3 is 0 Å². The van der Waals surface area contributed by atoms with E-state index in [0.29, 0.717) is 5.56 Å². The third-order valence-electron chi connectivity index (χ3n) is 3.80. The number of rotatable bonds is 5. The van der Waals surface area contributed by atoms with E-state index in [1.165, 1.54) is 18.5 Å². The molecule has 0 N–H and O–H groups in total. The molecule has 2 aromatic carbocycles. The molecule has 3 rings (SSSR count). The van der Waals surface area contributed by atoms with Gasteiger partial charge in [0.25, 0.3) is 0 Å². The molecule has 0 spiro atoms. The van der Waals surface area contributed by atoms with Gasteiger partial charge in [0.2, 0.25) is 0 Å². The lowest BCUT2D eigenvalue weighted by Gasteiger charge is -2.17. The Hall–Kier alpha value is -3.00. The molecule has 1 unspecified atom stereocenters. The maximum Gasteiger partial charge on any atom is 0.137 e. The molecule has 0 aliphatic heterocycles. The molecule has 3 aromatic rings. The summed E-state index contributed by atoms with van der Waals surface area (Å²) in [4.78, 5) is 4.02. The summed E-state index contributed by atoms with van der Waals surface area (Å²) >= 11 is 0. The van der Waals surface area contributed by atoms with Crippen LogP contribution in [0.1, 0.15) is 29.2 Å². The Morgan fingerprint density at radius 1 is 1.09 bits per heavy atom. The Kier molecular flexibility index (Phi) is 4.44. The molecule has 1 aromatic heterocycles. The molecule has 0 aliphatic rings. The Balaban J connectivity index is 1.81. The van der Waals surface area contributed by atoms with Crippen LogP contribution >= 0.6 is 0 Å². The molecule has 4 nitrogen and oxygen atoms in total. The van der Waals surface area contributed by atoms with E-state index in [2.05, 4.69) is 16.2 Å². The van der Waals surface area contributed by atoms with E-state index in [0.717, 1.165) is 24.0 Å². The third-order valence-corrected chi connectivity index (χ3v) is 3.80. The van der Waals surface area contributed by atoms with E-state index < -0.39 is 0 Å². The van der Waals surface area contributed by atoms with Crippen molar-refractivity contribution in [3.63, 3.8) is 0 Å². The van der Waals surface area contributed by atoms with Crippen molar-refractivity contribution in [1.82, 2.24) is 14.8 Å². The molecule has 114 valence electrons. The summed E-state index contributed by atoms with van der Waals surface area (Å²) in [7, 11) is 0. The maximum atomic E-state index is 13.0. The fraction of sp³-hybridized carbons (Fsp3) is 0.167. The summed E-state index contributed by atoms with van der Waals surface area (Å²) in [5.41, 5.74) is 2.77. The highest BCUT2D eigenvalue weighted by atomic mass is 19.1. The van der Waals surface area contributed by atoms with Crippen LogP contribution in [0, 0.1) is 17.1 Å². The number of aryl methyl sites for hydroxylation is 1. The van der Waals surface area contributed by atoms with Gasteiger partial charge in [-0.15, -0.1) is 0 Å². The summed E-state index contributed by atoms with van der Waals surface area (Å²) < 4.78 is 14.8. The van der Waals surface area contributed by atoms with Crippen molar-refractivity contribution < 1.29 is 4.39 Å². The minimum atomic E-state index is -0.228. The van der Waals surface area contributed by atoms with Gasteiger partial charge in [0, 0.05) is 0 Å². The molecular weight excluding hydrogens is 291 g/mol. The van der Waals surface area contributed by atoms with Gasteiger partial charge in [-0.25, -0.2) is 14.1 Å². The average Bonchev–Trinajstić information content (AvgIpc) is 3.12. The molecule has 0 fully saturated rings. The molecule has 23 heavy (non-hydrogen) atoms. The quantitative estimate of drug-likeness (QED) is 0.725. The number of nitriles is 1. The number of nitrogens with zero attached hydrogens (tertiary/aromatic N) is 4. The largest absolute Gasteiger partial charge is 0.245 e. The van der Waals surface area contributed by atoms with E-state index in [1.54, 1.807) is 30.6 Å². The van der Waals surface area contributed by atoms with Crippen LogP contribution < -0.4 is 0 Å². The summed E-state index contributed by atoms with van der Waals surface area (Å²) in [5.74, 6) is -0.228. The number of aromatic nitrogens is 3. The second kappa shape index (κ2) is 6.84. The minimum absolute atomic E-state index is 0.0234. The third kappa shape index (κ3) is 3.61. The summed E-state index contributed by atoms with van der Waals surface area (Å²) in [6.07, 6.45) is 4.80. The first kappa shape index (κ1) is 14.9. The van der Waals surface area contributed by atoms with Crippen LogP contribution in [-0.4, -0.2) is 14.8 Å². The summed E-state index contributed by atoms with van der Waals surface area (Å²) in [6.45, 7) is 0. The van der Waals surface area contributed by atoms with E-state index in [1.807, 2.05) is 16.8 Å². The second-order valence-electron chi connectivity index (χ2n) is 5.29. The van der Waals surface area contributed by atoms with Crippen LogP contribution in [0.4, 0.5) is 4.39 Å². The van der Waals surface area contributed by atoms with Gasteiger partial charge < -0.3 is 0 Å². The van der Waals surface area contributed by atoms with Crippen molar-refractivity contribution in [3.8, 4) is 6.07 Å². The topological polar surface area (TPSA) is 54.5 Å². The molecule has 1 atom stereocenters. The molecule has 0 saturated heterocycles. The van der Waals surface area contributed by atoms with Crippen molar-refractivity contribution in [1.29, 1.82) is 5.26 Å². The number of hydrogen-bond donors (Lipinski definition) is 0. The van der Waals surface area contributed by atoms with Gasteiger partial charge in [0.05, 0.1) is 17.7 Å².